The molecule has 1 fully saturated rings. The number of aromatic amines is 1. The maximum Gasteiger partial charge on any atom is 0.310 e. The molecule has 1 atom stereocenters. The first kappa shape index (κ1) is 19.1. The van der Waals surface area contributed by atoms with Gasteiger partial charge in [-0.1, -0.05) is 13.8 Å². The summed E-state index contributed by atoms with van der Waals surface area (Å²) >= 11 is 0. The first-order valence-electron chi connectivity index (χ1n) is 9.50. The van der Waals surface area contributed by atoms with E-state index in [2.05, 4.69) is 29.0 Å². The molecule has 1 amide bonds. The molecule has 0 aromatic carbocycles. The third kappa shape index (κ3) is 4.37. The van der Waals surface area contributed by atoms with Crippen molar-refractivity contribution >= 4 is 11.9 Å². The van der Waals surface area contributed by atoms with E-state index in [1.807, 2.05) is 10.8 Å². The fraction of sp³-hybridized carbons (Fsp3) is 0.579. The number of carbonyl (C=O) groups excluding carboxylic acids is 2. The number of nitrogens with one attached hydrogen (secondary N) is 1. The number of nitrogens with zero attached hydrogens (tertiary/aromatic N) is 4. The van der Waals surface area contributed by atoms with Gasteiger partial charge in [-0.2, -0.15) is 5.10 Å². The van der Waals surface area contributed by atoms with Crippen molar-refractivity contribution in [3.05, 3.63) is 35.7 Å². The predicted octanol–water partition coefficient (Wildman–Crippen LogP) is 2.19. The Morgan fingerprint density at radius 1 is 1.41 bits per heavy atom. The molecule has 2 aromatic heterocycles. The summed E-state index contributed by atoms with van der Waals surface area (Å²) in [5.41, 5.74) is 1.22. The van der Waals surface area contributed by atoms with Crippen LogP contribution < -0.4 is 0 Å². The molecular formula is C19H27N5O3. The van der Waals surface area contributed by atoms with Gasteiger partial charge in [0.15, 0.2) is 0 Å². The van der Waals surface area contributed by atoms with Crippen LogP contribution in [0.25, 0.3) is 0 Å². The monoisotopic (exact) mass is 373 g/mol. The summed E-state index contributed by atoms with van der Waals surface area (Å²) in [6.07, 6.45) is 5.25. The first-order chi connectivity index (χ1) is 13.0. The van der Waals surface area contributed by atoms with Gasteiger partial charge in [-0.3, -0.25) is 14.7 Å². The number of imidazole rings is 1. The van der Waals surface area contributed by atoms with Crippen molar-refractivity contribution in [2.24, 2.45) is 5.92 Å². The number of hydrogen-bond donors (Lipinski definition) is 1. The summed E-state index contributed by atoms with van der Waals surface area (Å²) in [4.78, 5) is 30.8. The zero-order valence-electron chi connectivity index (χ0n) is 16.1. The summed E-state index contributed by atoms with van der Waals surface area (Å²) in [5, 5.41) is 7.13. The third-order valence-corrected chi connectivity index (χ3v) is 4.78. The molecule has 2 aromatic rings. The maximum atomic E-state index is 12.8. The van der Waals surface area contributed by atoms with Crippen LogP contribution in [-0.2, 0) is 16.1 Å². The number of hydrogen-bond acceptors (Lipinski definition) is 5. The van der Waals surface area contributed by atoms with Crippen LogP contribution in [0.2, 0.25) is 0 Å². The van der Waals surface area contributed by atoms with Gasteiger partial charge in [0.2, 0.25) is 0 Å². The van der Waals surface area contributed by atoms with E-state index in [-0.39, 0.29) is 17.8 Å². The summed E-state index contributed by atoms with van der Waals surface area (Å²) in [5.74, 6) is 0.684. The second-order valence-corrected chi connectivity index (χ2v) is 7.19. The Labute approximate surface area is 158 Å². The van der Waals surface area contributed by atoms with E-state index in [9.17, 15) is 9.59 Å². The quantitative estimate of drug-likeness (QED) is 0.784. The fourth-order valence-electron chi connectivity index (χ4n) is 3.47. The van der Waals surface area contributed by atoms with Gasteiger partial charge in [-0.25, -0.2) is 4.98 Å². The minimum absolute atomic E-state index is 0.152. The number of piperidine rings is 1. The second-order valence-electron chi connectivity index (χ2n) is 7.19. The number of H-pyrrole nitrogens is 1. The maximum absolute atomic E-state index is 12.8. The van der Waals surface area contributed by atoms with E-state index in [4.69, 9.17) is 4.74 Å². The van der Waals surface area contributed by atoms with Gasteiger partial charge in [0, 0.05) is 31.4 Å². The number of carbonyl (C=O) groups is 2. The van der Waals surface area contributed by atoms with Gasteiger partial charge in [0.25, 0.3) is 5.91 Å². The van der Waals surface area contributed by atoms with E-state index in [0.29, 0.717) is 37.9 Å². The average Bonchev–Trinajstić information content (AvgIpc) is 3.31. The van der Waals surface area contributed by atoms with E-state index < -0.39 is 0 Å². The highest BCUT2D eigenvalue weighted by molar-refractivity contribution is 5.92. The largest absolute Gasteiger partial charge is 0.466 e. The Kier molecular flexibility index (Phi) is 5.93. The molecule has 8 nitrogen and oxygen atoms in total. The SMILES string of the molecule is CCOC(=O)[C@H]1CCCN(C(=O)c2cc(Cn3ccnc3C(C)C)[nH]n2)C1. The van der Waals surface area contributed by atoms with Crippen molar-refractivity contribution in [2.45, 2.75) is 46.1 Å². The second kappa shape index (κ2) is 8.37. The van der Waals surface area contributed by atoms with E-state index in [1.165, 1.54) is 0 Å². The van der Waals surface area contributed by atoms with Gasteiger partial charge >= 0.3 is 5.97 Å². The normalized spacial score (nSPS) is 17.3. The molecule has 8 heteroatoms. The molecule has 3 rings (SSSR count). The number of likely N-dealkylation sites (tertiary alicyclic amines) is 1. The number of esters is 1. The summed E-state index contributed by atoms with van der Waals surface area (Å²) in [6.45, 7) is 7.95. The third-order valence-electron chi connectivity index (χ3n) is 4.78. The lowest BCUT2D eigenvalue weighted by Gasteiger charge is -2.31. The van der Waals surface area contributed by atoms with Gasteiger partial charge in [-0.15, -0.1) is 0 Å². The molecule has 146 valence electrons. The lowest BCUT2D eigenvalue weighted by atomic mass is 9.98. The highest BCUT2D eigenvalue weighted by Crippen LogP contribution is 2.20. The van der Waals surface area contributed by atoms with Crippen molar-refractivity contribution in [1.82, 2.24) is 24.6 Å². The Morgan fingerprint density at radius 2 is 2.22 bits per heavy atom. The first-order valence-corrected chi connectivity index (χ1v) is 9.50. The Morgan fingerprint density at radius 3 is 2.96 bits per heavy atom. The molecule has 1 saturated heterocycles. The minimum atomic E-state index is -0.249. The molecule has 0 radical (unpaired) electrons. The van der Waals surface area contributed by atoms with Crippen molar-refractivity contribution < 1.29 is 14.3 Å². The summed E-state index contributed by atoms with van der Waals surface area (Å²) < 4.78 is 7.15. The molecule has 0 bridgehead atoms. The van der Waals surface area contributed by atoms with Crippen molar-refractivity contribution in [3.8, 4) is 0 Å². The zero-order valence-corrected chi connectivity index (χ0v) is 16.1. The highest BCUT2D eigenvalue weighted by atomic mass is 16.5. The van der Waals surface area contributed by atoms with Crippen LogP contribution in [0.1, 0.15) is 61.5 Å². The topological polar surface area (TPSA) is 93.1 Å². The highest BCUT2D eigenvalue weighted by Gasteiger charge is 2.30. The van der Waals surface area contributed by atoms with Crippen LogP contribution in [0.5, 0.6) is 0 Å². The van der Waals surface area contributed by atoms with Crippen molar-refractivity contribution in [2.75, 3.05) is 19.7 Å². The average molecular weight is 373 g/mol. The van der Waals surface area contributed by atoms with Crippen LogP contribution in [0.3, 0.4) is 0 Å². The van der Waals surface area contributed by atoms with Crippen LogP contribution in [0.4, 0.5) is 0 Å². The molecule has 0 saturated carbocycles. The van der Waals surface area contributed by atoms with Gasteiger partial charge in [-0.05, 0) is 25.8 Å². The summed E-state index contributed by atoms with van der Waals surface area (Å²) in [6, 6.07) is 1.78. The molecule has 0 aliphatic carbocycles. The molecular weight excluding hydrogens is 346 g/mol. The van der Waals surface area contributed by atoms with E-state index in [0.717, 1.165) is 24.4 Å². The van der Waals surface area contributed by atoms with Gasteiger partial charge in [0.05, 0.1) is 24.8 Å². The van der Waals surface area contributed by atoms with Crippen LogP contribution in [0.15, 0.2) is 18.5 Å². The van der Waals surface area contributed by atoms with E-state index in [1.54, 1.807) is 24.1 Å². The standard InChI is InChI=1S/C19H27N5O3/c1-4-27-19(26)14-6-5-8-24(11-14)18(25)16-10-15(21-22-16)12-23-9-7-20-17(23)13(2)3/h7,9-10,13-14H,4-6,8,11-12H2,1-3H3,(H,21,22)/t14-/m0/s1. The van der Waals surface area contributed by atoms with Gasteiger partial charge < -0.3 is 14.2 Å². The van der Waals surface area contributed by atoms with Crippen LogP contribution >= 0.6 is 0 Å². The number of rotatable bonds is 6. The summed E-state index contributed by atoms with van der Waals surface area (Å²) in [7, 11) is 0. The number of ether oxygens (including phenoxy) is 1. The Balaban J connectivity index is 1.66. The smallest absolute Gasteiger partial charge is 0.310 e. The molecule has 27 heavy (non-hydrogen) atoms. The van der Waals surface area contributed by atoms with Crippen LogP contribution in [-0.4, -0.2) is 56.2 Å². The predicted molar refractivity (Wildman–Crippen MR) is 99.3 cm³/mol. The molecule has 1 N–H and O–H groups in total. The van der Waals surface area contributed by atoms with Gasteiger partial charge in [0.1, 0.15) is 11.5 Å². The van der Waals surface area contributed by atoms with Crippen molar-refractivity contribution in [1.29, 1.82) is 0 Å². The molecule has 1 aliphatic rings. The van der Waals surface area contributed by atoms with Crippen molar-refractivity contribution in [3.63, 3.8) is 0 Å². The Bertz CT molecular complexity index is 795. The molecule has 0 unspecified atom stereocenters. The Hall–Kier alpha value is -2.64. The minimum Gasteiger partial charge on any atom is -0.466 e. The lowest BCUT2D eigenvalue weighted by molar-refractivity contribution is -0.149. The molecule has 1 aliphatic heterocycles. The fourth-order valence-corrected chi connectivity index (χ4v) is 3.47. The lowest BCUT2D eigenvalue weighted by Crippen LogP contribution is -2.43. The zero-order chi connectivity index (χ0) is 19.4. The molecule has 3 heterocycles. The number of aromatic nitrogens is 4. The number of amides is 1. The van der Waals surface area contributed by atoms with Crippen LogP contribution in [0, 0.1) is 5.92 Å². The molecule has 0 spiro atoms. The van der Waals surface area contributed by atoms with E-state index >= 15 is 0 Å².